The first-order chi connectivity index (χ1) is 8.29. The lowest BCUT2D eigenvalue weighted by atomic mass is 10.4. The minimum Gasteiger partial charge on any atom is -0.340 e. The average molecular weight is 231 g/mol. The smallest absolute Gasteiger partial charge is 0.340 e. The zero-order valence-electron chi connectivity index (χ0n) is 9.01. The molecular formula is C9H9N7O. The van der Waals surface area contributed by atoms with Gasteiger partial charge in [0.1, 0.15) is 17.7 Å². The molecule has 0 aliphatic rings. The lowest BCUT2D eigenvalue weighted by Gasteiger charge is -2.04. The molecule has 2 N–H and O–H groups in total. The second-order valence-electron chi connectivity index (χ2n) is 3.43. The van der Waals surface area contributed by atoms with Crippen LogP contribution in [0.3, 0.4) is 0 Å². The third-order valence-electron chi connectivity index (χ3n) is 2.43. The fraction of sp³-hybridized carbons (Fsp3) is 0.222. The van der Waals surface area contributed by atoms with Crippen molar-refractivity contribution in [1.29, 1.82) is 0 Å². The molecule has 8 nitrogen and oxygen atoms in total. The van der Waals surface area contributed by atoms with Gasteiger partial charge in [0.25, 0.3) is 0 Å². The van der Waals surface area contributed by atoms with Gasteiger partial charge >= 0.3 is 5.69 Å². The van der Waals surface area contributed by atoms with Gasteiger partial charge in [-0.3, -0.25) is 0 Å². The average Bonchev–Trinajstić information content (AvgIpc) is 2.93. The maximum absolute atomic E-state index is 11.3. The van der Waals surface area contributed by atoms with E-state index in [2.05, 4.69) is 30.0 Å². The van der Waals surface area contributed by atoms with Crippen LogP contribution in [0.4, 0.5) is 0 Å². The summed E-state index contributed by atoms with van der Waals surface area (Å²) < 4.78 is 1.55. The summed E-state index contributed by atoms with van der Waals surface area (Å²) in [4.78, 5) is 30.2. The molecule has 0 saturated carbocycles. The number of fused-ring (bicyclic) bond motifs is 1. The topological polar surface area (TPSA) is 105 Å². The van der Waals surface area contributed by atoms with Crippen molar-refractivity contribution in [2.45, 2.75) is 13.3 Å². The van der Waals surface area contributed by atoms with Gasteiger partial charge in [0.05, 0.1) is 6.33 Å². The number of aryl methyl sites for hydroxylation is 1. The van der Waals surface area contributed by atoms with Crippen LogP contribution in [-0.4, -0.2) is 34.7 Å². The zero-order chi connectivity index (χ0) is 11.8. The van der Waals surface area contributed by atoms with E-state index in [-0.39, 0.29) is 0 Å². The predicted octanol–water partition coefficient (Wildman–Crippen LogP) is -0.211. The minimum absolute atomic E-state index is 0.395. The predicted molar refractivity (Wildman–Crippen MR) is 58.8 cm³/mol. The van der Waals surface area contributed by atoms with E-state index >= 15 is 0 Å². The van der Waals surface area contributed by atoms with Gasteiger partial charge in [-0.15, -0.1) is 0 Å². The molecule has 86 valence electrons. The molecule has 0 aliphatic heterocycles. The van der Waals surface area contributed by atoms with Gasteiger partial charge in [-0.2, -0.15) is 4.98 Å². The summed E-state index contributed by atoms with van der Waals surface area (Å²) in [5.74, 6) is 1.16. The first kappa shape index (κ1) is 9.70. The van der Waals surface area contributed by atoms with Crippen molar-refractivity contribution in [1.82, 2.24) is 34.7 Å². The van der Waals surface area contributed by atoms with Gasteiger partial charge in [0, 0.05) is 6.42 Å². The molecule has 0 amide bonds. The van der Waals surface area contributed by atoms with Crippen molar-refractivity contribution in [3.05, 3.63) is 29.0 Å². The molecular weight excluding hydrogens is 222 g/mol. The second kappa shape index (κ2) is 3.51. The number of aromatic amines is 2. The lowest BCUT2D eigenvalue weighted by Crippen LogP contribution is -2.08. The Bertz CT molecular complexity index is 722. The molecule has 3 rings (SSSR count). The lowest BCUT2D eigenvalue weighted by molar-refractivity contribution is 0.776. The normalized spacial score (nSPS) is 11.1. The summed E-state index contributed by atoms with van der Waals surface area (Å²) >= 11 is 0. The number of hydrogen-bond acceptors (Lipinski definition) is 5. The zero-order valence-corrected chi connectivity index (χ0v) is 9.01. The molecule has 8 heteroatoms. The van der Waals surface area contributed by atoms with Gasteiger partial charge in [0.15, 0.2) is 11.5 Å². The van der Waals surface area contributed by atoms with E-state index < -0.39 is 5.69 Å². The van der Waals surface area contributed by atoms with E-state index in [0.29, 0.717) is 29.2 Å². The molecule has 3 aromatic rings. The number of nitrogens with one attached hydrogen (secondary N) is 2. The standard InChI is InChI=1S/C9H9N7O/c1-2-5-14-9(17)15-16(5)8-6-7(11-3-10-6)12-4-13-8/h3-4H,2H2,1H3,(H,15,17)(H,10,11,12,13). The molecule has 0 fully saturated rings. The summed E-state index contributed by atoms with van der Waals surface area (Å²) in [7, 11) is 0. The number of H-pyrrole nitrogens is 2. The molecule has 0 aromatic carbocycles. The third kappa shape index (κ3) is 1.41. The Morgan fingerprint density at radius 2 is 2.24 bits per heavy atom. The third-order valence-corrected chi connectivity index (χ3v) is 2.43. The van der Waals surface area contributed by atoms with Crippen molar-refractivity contribution < 1.29 is 0 Å². The summed E-state index contributed by atoms with van der Waals surface area (Å²) in [5, 5.41) is 2.61. The molecule has 0 bridgehead atoms. The Balaban J connectivity index is 2.33. The monoisotopic (exact) mass is 231 g/mol. The molecule has 0 radical (unpaired) electrons. The number of hydrogen-bond donors (Lipinski definition) is 2. The maximum Gasteiger partial charge on any atom is 0.361 e. The summed E-state index contributed by atoms with van der Waals surface area (Å²) in [6.45, 7) is 1.91. The molecule has 0 saturated heterocycles. The number of imidazole rings is 1. The fourth-order valence-electron chi connectivity index (χ4n) is 1.69. The van der Waals surface area contributed by atoms with Gasteiger partial charge in [-0.1, -0.05) is 6.92 Å². The molecule has 0 aliphatic carbocycles. The van der Waals surface area contributed by atoms with Crippen molar-refractivity contribution in [3.63, 3.8) is 0 Å². The quantitative estimate of drug-likeness (QED) is 0.634. The Labute approximate surface area is 94.8 Å². The number of nitrogens with zero attached hydrogens (tertiary/aromatic N) is 5. The van der Waals surface area contributed by atoms with Crippen LogP contribution in [-0.2, 0) is 6.42 Å². The first-order valence-corrected chi connectivity index (χ1v) is 5.12. The Kier molecular flexibility index (Phi) is 2.00. The largest absolute Gasteiger partial charge is 0.361 e. The fourth-order valence-corrected chi connectivity index (χ4v) is 1.69. The van der Waals surface area contributed by atoms with Crippen molar-refractivity contribution in [3.8, 4) is 5.82 Å². The maximum atomic E-state index is 11.3. The highest BCUT2D eigenvalue weighted by atomic mass is 16.1. The molecule has 0 unspecified atom stereocenters. The summed E-state index contributed by atoms with van der Waals surface area (Å²) in [5.41, 5.74) is 0.815. The summed E-state index contributed by atoms with van der Waals surface area (Å²) in [6, 6.07) is 0. The highest BCUT2D eigenvalue weighted by Crippen LogP contribution is 2.13. The Hall–Kier alpha value is -2.51. The second-order valence-corrected chi connectivity index (χ2v) is 3.43. The van der Waals surface area contributed by atoms with Crippen LogP contribution < -0.4 is 5.69 Å². The van der Waals surface area contributed by atoms with Crippen LogP contribution in [0.5, 0.6) is 0 Å². The van der Waals surface area contributed by atoms with Crippen LogP contribution in [0.15, 0.2) is 17.4 Å². The van der Waals surface area contributed by atoms with E-state index in [1.807, 2.05) is 6.92 Å². The van der Waals surface area contributed by atoms with Crippen molar-refractivity contribution in [2.24, 2.45) is 0 Å². The van der Waals surface area contributed by atoms with Gasteiger partial charge < -0.3 is 4.98 Å². The van der Waals surface area contributed by atoms with Crippen LogP contribution >= 0.6 is 0 Å². The van der Waals surface area contributed by atoms with Gasteiger partial charge in [0.2, 0.25) is 0 Å². The van der Waals surface area contributed by atoms with Crippen LogP contribution in [0.25, 0.3) is 17.0 Å². The van der Waals surface area contributed by atoms with Gasteiger partial charge in [-0.05, 0) is 0 Å². The van der Waals surface area contributed by atoms with E-state index in [9.17, 15) is 4.79 Å². The van der Waals surface area contributed by atoms with Gasteiger partial charge in [-0.25, -0.2) is 29.5 Å². The SMILES string of the molecule is CCc1nc(=O)[nH]n1-c1ncnc2nc[nH]c12. The minimum atomic E-state index is -0.395. The van der Waals surface area contributed by atoms with E-state index in [0.717, 1.165) is 0 Å². The highest BCUT2D eigenvalue weighted by Gasteiger charge is 2.12. The Morgan fingerprint density at radius 3 is 3.06 bits per heavy atom. The molecule has 0 atom stereocenters. The number of aromatic nitrogens is 7. The first-order valence-electron chi connectivity index (χ1n) is 5.12. The molecule has 17 heavy (non-hydrogen) atoms. The van der Waals surface area contributed by atoms with E-state index in [1.165, 1.54) is 12.7 Å². The van der Waals surface area contributed by atoms with E-state index in [4.69, 9.17) is 0 Å². The van der Waals surface area contributed by atoms with E-state index in [1.54, 1.807) is 4.68 Å². The summed E-state index contributed by atoms with van der Waals surface area (Å²) in [6.07, 6.45) is 3.55. The molecule has 3 heterocycles. The van der Waals surface area contributed by atoms with Crippen molar-refractivity contribution >= 4 is 11.2 Å². The van der Waals surface area contributed by atoms with Crippen LogP contribution in [0.1, 0.15) is 12.7 Å². The van der Waals surface area contributed by atoms with Crippen LogP contribution in [0, 0.1) is 0 Å². The van der Waals surface area contributed by atoms with Crippen molar-refractivity contribution in [2.75, 3.05) is 0 Å². The molecule has 0 spiro atoms. The van der Waals surface area contributed by atoms with Crippen LogP contribution in [0.2, 0.25) is 0 Å². The highest BCUT2D eigenvalue weighted by molar-refractivity contribution is 5.77. The molecule has 3 aromatic heterocycles. The Morgan fingerprint density at radius 1 is 1.35 bits per heavy atom. The number of rotatable bonds is 2.